The third kappa shape index (κ3) is 4.47. The van der Waals surface area contributed by atoms with Crippen LogP contribution in [0.1, 0.15) is 23.8 Å². The van der Waals surface area contributed by atoms with Crippen LogP contribution in [0.4, 0.5) is 5.82 Å². The van der Waals surface area contributed by atoms with Crippen molar-refractivity contribution in [1.82, 2.24) is 15.4 Å². The molecule has 0 saturated carbocycles. The van der Waals surface area contributed by atoms with E-state index in [1.54, 1.807) is 0 Å². The van der Waals surface area contributed by atoms with Crippen molar-refractivity contribution >= 4 is 29.3 Å². The molecule has 10 heteroatoms. The van der Waals surface area contributed by atoms with Crippen molar-refractivity contribution < 1.29 is 9.63 Å². The first-order valence-corrected chi connectivity index (χ1v) is 5.73. The minimum absolute atomic E-state index is 0.0726. The highest BCUT2D eigenvalue weighted by Crippen LogP contribution is 2.16. The van der Waals surface area contributed by atoms with Crippen LogP contribution in [0.3, 0.4) is 0 Å². The third-order valence-corrected chi connectivity index (χ3v) is 2.13. The van der Waals surface area contributed by atoms with Gasteiger partial charge in [-0.15, -0.1) is 5.10 Å². The Bertz CT molecular complexity index is 480. The number of rotatable bonds is 4. The van der Waals surface area contributed by atoms with Gasteiger partial charge in [-0.25, -0.2) is 14.8 Å². The van der Waals surface area contributed by atoms with Crippen LogP contribution in [-0.2, 0) is 4.84 Å². The van der Waals surface area contributed by atoms with Crippen LogP contribution < -0.4 is 22.4 Å². The molecule has 9 nitrogen and oxygen atoms in total. The molecule has 0 aromatic carbocycles. The van der Waals surface area contributed by atoms with Gasteiger partial charge in [0, 0.05) is 6.54 Å². The molecule has 1 aromatic heterocycles. The number of carbonyl (C=O) groups excluding carboxylic acids is 1. The Labute approximate surface area is 114 Å². The van der Waals surface area contributed by atoms with Gasteiger partial charge in [0.05, 0.1) is 6.20 Å². The molecule has 0 aliphatic heterocycles. The number of aromatic nitrogens is 2. The van der Waals surface area contributed by atoms with Gasteiger partial charge in [0.25, 0.3) is 0 Å². The summed E-state index contributed by atoms with van der Waals surface area (Å²) in [5.41, 5.74) is 7.12. The van der Waals surface area contributed by atoms with Crippen molar-refractivity contribution in [3.63, 3.8) is 0 Å². The second-order valence-corrected chi connectivity index (χ2v) is 3.69. The quantitative estimate of drug-likeness (QED) is 0.258. The van der Waals surface area contributed by atoms with E-state index in [9.17, 15) is 4.79 Å². The van der Waals surface area contributed by atoms with Crippen LogP contribution in [0.5, 0.6) is 0 Å². The molecule has 1 aromatic rings. The largest absolute Gasteiger partial charge is 0.382 e. The van der Waals surface area contributed by atoms with E-state index in [1.165, 1.54) is 6.20 Å². The Balaban J connectivity index is 2.69. The van der Waals surface area contributed by atoms with Gasteiger partial charge in [-0.1, -0.05) is 18.5 Å². The summed E-state index contributed by atoms with van der Waals surface area (Å²) < 4.78 is 0. The highest BCUT2D eigenvalue weighted by atomic mass is 35.5. The van der Waals surface area contributed by atoms with E-state index in [0.29, 0.717) is 12.4 Å². The maximum absolute atomic E-state index is 11.5. The van der Waals surface area contributed by atoms with Gasteiger partial charge in [0.1, 0.15) is 0 Å². The average molecular weight is 288 g/mol. The highest BCUT2D eigenvalue weighted by molar-refractivity contribution is 6.31. The number of hydroxylamine groups is 1. The zero-order valence-electron chi connectivity index (χ0n) is 10.2. The second kappa shape index (κ2) is 7.21. The number of nitrogens with one attached hydrogen (secondary N) is 2. The van der Waals surface area contributed by atoms with E-state index in [2.05, 4.69) is 25.2 Å². The minimum Gasteiger partial charge on any atom is -0.368 e. The molecule has 0 spiro atoms. The maximum atomic E-state index is 11.5. The van der Waals surface area contributed by atoms with Crippen molar-refractivity contribution in [3.8, 4) is 0 Å². The van der Waals surface area contributed by atoms with Gasteiger partial charge in [0.15, 0.2) is 16.7 Å². The molecule has 0 bridgehead atoms. The molecule has 1 heterocycles. The fraction of sp³-hybridized carbons (Fsp3) is 0.333. The predicted molar refractivity (Wildman–Crippen MR) is 70.2 cm³/mol. The van der Waals surface area contributed by atoms with Crippen molar-refractivity contribution in [3.05, 3.63) is 17.0 Å². The first-order valence-electron chi connectivity index (χ1n) is 5.35. The number of nitrogens with two attached hydrogens (primary N) is 2. The zero-order valence-corrected chi connectivity index (χ0v) is 10.9. The van der Waals surface area contributed by atoms with E-state index in [1.807, 2.05) is 12.4 Å². The van der Waals surface area contributed by atoms with Crippen molar-refractivity contribution in [2.75, 3.05) is 11.9 Å². The highest BCUT2D eigenvalue weighted by Gasteiger charge is 2.13. The SMILES string of the molecule is CCCNc1ncc(C(=O)ON/C(N)=N/N)nc1Cl. The van der Waals surface area contributed by atoms with E-state index in [0.717, 1.165) is 6.42 Å². The van der Waals surface area contributed by atoms with Crippen LogP contribution in [0.25, 0.3) is 0 Å². The normalized spacial score (nSPS) is 10.9. The summed E-state index contributed by atoms with van der Waals surface area (Å²) in [7, 11) is 0. The molecule has 0 amide bonds. The van der Waals surface area contributed by atoms with Crippen LogP contribution in [0, 0.1) is 0 Å². The number of hydrogen-bond donors (Lipinski definition) is 4. The standard InChI is InChI=1S/C9H14ClN7O2/c1-2-3-13-7-6(10)15-5(4-14-7)8(18)19-17-9(11)16-12/h4H,2-3,12H2,1H3,(H,13,14)(H3,11,16,17). The summed E-state index contributed by atoms with van der Waals surface area (Å²) >= 11 is 5.87. The first-order chi connectivity index (χ1) is 9.08. The van der Waals surface area contributed by atoms with Gasteiger partial charge >= 0.3 is 5.97 Å². The lowest BCUT2D eigenvalue weighted by Crippen LogP contribution is -2.34. The lowest BCUT2D eigenvalue weighted by molar-refractivity contribution is 0.0376. The number of anilines is 1. The predicted octanol–water partition coefficient (Wildman–Crippen LogP) is -0.198. The van der Waals surface area contributed by atoms with Crippen molar-refractivity contribution in [1.29, 1.82) is 0 Å². The molecular weight excluding hydrogens is 274 g/mol. The Kier molecular flexibility index (Phi) is 5.61. The number of guanidine groups is 1. The van der Waals surface area contributed by atoms with Gasteiger partial charge in [-0.2, -0.15) is 5.48 Å². The molecule has 1 rings (SSSR count). The zero-order chi connectivity index (χ0) is 14.3. The average Bonchev–Trinajstić information content (AvgIpc) is 2.42. The molecular formula is C9H14ClN7O2. The molecule has 0 atom stereocenters. The lowest BCUT2D eigenvalue weighted by Gasteiger charge is -2.07. The molecule has 0 fully saturated rings. The molecule has 6 N–H and O–H groups in total. The summed E-state index contributed by atoms with van der Waals surface area (Å²) in [6, 6.07) is 0. The van der Waals surface area contributed by atoms with Gasteiger partial charge in [0.2, 0.25) is 5.96 Å². The van der Waals surface area contributed by atoms with Crippen LogP contribution in [0.15, 0.2) is 11.3 Å². The number of nitrogens with zero attached hydrogens (tertiary/aromatic N) is 3. The first kappa shape index (κ1) is 14.8. The molecule has 0 unspecified atom stereocenters. The van der Waals surface area contributed by atoms with Crippen molar-refractivity contribution in [2.24, 2.45) is 16.7 Å². The number of halogens is 1. The molecule has 0 saturated heterocycles. The Morgan fingerprint density at radius 1 is 1.63 bits per heavy atom. The molecule has 0 aliphatic rings. The van der Waals surface area contributed by atoms with Crippen LogP contribution in [0.2, 0.25) is 5.15 Å². The molecule has 19 heavy (non-hydrogen) atoms. The summed E-state index contributed by atoms with van der Waals surface area (Å²) in [4.78, 5) is 23.9. The summed E-state index contributed by atoms with van der Waals surface area (Å²) in [5.74, 6) is 4.17. The maximum Gasteiger partial charge on any atom is 0.382 e. The van der Waals surface area contributed by atoms with Crippen LogP contribution in [-0.4, -0.2) is 28.4 Å². The monoisotopic (exact) mass is 287 g/mol. The second-order valence-electron chi connectivity index (χ2n) is 3.33. The Hall–Kier alpha value is -2.29. The Morgan fingerprint density at radius 3 is 2.95 bits per heavy atom. The topological polar surface area (TPSA) is 141 Å². The Morgan fingerprint density at radius 2 is 2.37 bits per heavy atom. The van der Waals surface area contributed by atoms with E-state index in [-0.39, 0.29) is 16.8 Å². The smallest absolute Gasteiger partial charge is 0.368 e. The summed E-state index contributed by atoms with van der Waals surface area (Å²) in [5, 5.41) is 6.09. The van der Waals surface area contributed by atoms with Gasteiger partial charge in [-0.05, 0) is 6.42 Å². The van der Waals surface area contributed by atoms with E-state index >= 15 is 0 Å². The lowest BCUT2D eigenvalue weighted by atomic mass is 10.4. The summed E-state index contributed by atoms with van der Waals surface area (Å²) in [6.07, 6.45) is 2.13. The molecule has 0 aliphatic carbocycles. The molecule has 0 radical (unpaired) electrons. The number of carbonyl (C=O) groups is 1. The number of hydrazone groups is 1. The van der Waals surface area contributed by atoms with E-state index < -0.39 is 5.97 Å². The minimum atomic E-state index is -0.817. The fourth-order valence-electron chi connectivity index (χ4n) is 1.00. The molecule has 104 valence electrons. The number of hydrogen-bond acceptors (Lipinski definition) is 7. The van der Waals surface area contributed by atoms with Crippen LogP contribution >= 0.6 is 11.6 Å². The van der Waals surface area contributed by atoms with Gasteiger partial charge in [-0.3, -0.25) is 0 Å². The van der Waals surface area contributed by atoms with Crippen molar-refractivity contribution in [2.45, 2.75) is 13.3 Å². The van der Waals surface area contributed by atoms with E-state index in [4.69, 9.17) is 23.2 Å². The summed E-state index contributed by atoms with van der Waals surface area (Å²) in [6.45, 7) is 2.69. The van der Waals surface area contributed by atoms with Gasteiger partial charge < -0.3 is 21.7 Å². The third-order valence-electron chi connectivity index (χ3n) is 1.87. The fourth-order valence-corrected chi connectivity index (χ4v) is 1.21.